The Balaban J connectivity index is 1.52. The number of carbonyl (C=O) groups excluding carboxylic acids is 1. The standard InChI is InChI=1S/C20H20F3N3O5/c21-20(22,23)16-14(5-15(17(24)27)18(28)25-16)11-1-3-13(4-2-11)31-7-12-6-29-8-19(26-12)9-30-10-19/h1-5,12,26H,6-10H2,(H2,24,27)(H,25,28). The lowest BCUT2D eigenvalue weighted by Gasteiger charge is -2.47. The normalized spacial score (nSPS) is 20.3. The molecule has 2 fully saturated rings. The van der Waals surface area contributed by atoms with Gasteiger partial charge in [-0.1, -0.05) is 12.1 Å². The molecule has 1 aromatic heterocycles. The van der Waals surface area contributed by atoms with E-state index in [4.69, 9.17) is 19.9 Å². The van der Waals surface area contributed by atoms with Crippen LogP contribution in [0.25, 0.3) is 11.1 Å². The van der Waals surface area contributed by atoms with Gasteiger partial charge in [0, 0.05) is 5.56 Å². The van der Waals surface area contributed by atoms with Gasteiger partial charge in [0.05, 0.1) is 38.0 Å². The summed E-state index contributed by atoms with van der Waals surface area (Å²) in [5.74, 6) is -0.670. The van der Waals surface area contributed by atoms with E-state index in [1.54, 1.807) is 4.98 Å². The molecule has 0 saturated carbocycles. The van der Waals surface area contributed by atoms with E-state index in [0.717, 1.165) is 6.07 Å². The van der Waals surface area contributed by atoms with E-state index >= 15 is 0 Å². The molecule has 2 aliphatic rings. The Morgan fingerprint density at radius 1 is 1.19 bits per heavy atom. The summed E-state index contributed by atoms with van der Waals surface area (Å²) in [5.41, 5.74) is 1.71. The first-order valence-electron chi connectivity index (χ1n) is 9.48. The van der Waals surface area contributed by atoms with Crippen molar-refractivity contribution >= 4 is 5.91 Å². The van der Waals surface area contributed by atoms with Crippen molar-refractivity contribution in [1.29, 1.82) is 0 Å². The van der Waals surface area contributed by atoms with E-state index < -0.39 is 28.9 Å². The number of primary amides is 1. The van der Waals surface area contributed by atoms with Crippen LogP contribution in [0.3, 0.4) is 0 Å². The second-order valence-corrected chi connectivity index (χ2v) is 7.63. The summed E-state index contributed by atoms with van der Waals surface area (Å²) >= 11 is 0. The fraction of sp³-hybridized carbons (Fsp3) is 0.400. The molecule has 2 aromatic rings. The number of halogens is 3. The van der Waals surface area contributed by atoms with Crippen molar-refractivity contribution < 1.29 is 32.2 Å². The highest BCUT2D eigenvalue weighted by atomic mass is 19.4. The first-order chi connectivity index (χ1) is 14.7. The number of ether oxygens (including phenoxy) is 3. The molecule has 2 saturated heterocycles. The summed E-state index contributed by atoms with van der Waals surface area (Å²) in [4.78, 5) is 24.9. The second-order valence-electron chi connectivity index (χ2n) is 7.63. The van der Waals surface area contributed by atoms with Crippen LogP contribution in [0.5, 0.6) is 5.75 Å². The SMILES string of the molecule is NC(=O)c1cc(-c2ccc(OCC3COCC4(COC4)N3)cc2)c(C(F)(F)F)[nH]c1=O. The third-order valence-corrected chi connectivity index (χ3v) is 5.17. The number of carbonyl (C=O) groups is 1. The third kappa shape index (κ3) is 4.43. The van der Waals surface area contributed by atoms with E-state index in [1.165, 1.54) is 24.3 Å². The molecule has 1 atom stereocenters. The first-order valence-corrected chi connectivity index (χ1v) is 9.48. The highest BCUT2D eigenvalue weighted by Gasteiger charge is 2.43. The fourth-order valence-corrected chi connectivity index (χ4v) is 3.61. The van der Waals surface area contributed by atoms with Gasteiger partial charge >= 0.3 is 6.18 Å². The lowest BCUT2D eigenvalue weighted by atomic mass is 9.96. The predicted molar refractivity (Wildman–Crippen MR) is 103 cm³/mol. The Morgan fingerprint density at radius 3 is 2.45 bits per heavy atom. The lowest BCUT2D eigenvalue weighted by molar-refractivity contribution is -0.145. The van der Waals surface area contributed by atoms with E-state index in [-0.39, 0.29) is 22.7 Å². The maximum atomic E-state index is 13.4. The molecule has 0 bridgehead atoms. The van der Waals surface area contributed by atoms with Gasteiger partial charge in [0.2, 0.25) is 0 Å². The van der Waals surface area contributed by atoms with Crippen LogP contribution in [0, 0.1) is 0 Å². The van der Waals surface area contributed by atoms with Crippen molar-refractivity contribution in [2.75, 3.05) is 33.0 Å². The number of morpholine rings is 1. The Bertz CT molecular complexity index is 1030. The zero-order valence-electron chi connectivity index (χ0n) is 16.3. The maximum absolute atomic E-state index is 13.4. The summed E-state index contributed by atoms with van der Waals surface area (Å²) in [6.07, 6.45) is -4.83. The number of pyridine rings is 1. The van der Waals surface area contributed by atoms with Crippen molar-refractivity contribution in [2.45, 2.75) is 17.8 Å². The molecule has 1 unspecified atom stereocenters. The highest BCUT2D eigenvalue weighted by Crippen LogP contribution is 2.35. The second kappa shape index (κ2) is 7.98. The van der Waals surface area contributed by atoms with E-state index in [2.05, 4.69) is 5.32 Å². The van der Waals surface area contributed by atoms with Gasteiger partial charge in [0.25, 0.3) is 11.5 Å². The number of aromatic amines is 1. The van der Waals surface area contributed by atoms with Gasteiger partial charge in [0.1, 0.15) is 23.6 Å². The van der Waals surface area contributed by atoms with Crippen LogP contribution < -0.4 is 21.3 Å². The summed E-state index contributed by atoms with van der Waals surface area (Å²) in [5, 5.41) is 3.44. The topological polar surface area (TPSA) is 116 Å². The van der Waals surface area contributed by atoms with Crippen LogP contribution in [-0.2, 0) is 15.7 Å². The minimum absolute atomic E-state index is 0.0496. The molecule has 1 spiro atoms. The van der Waals surface area contributed by atoms with Gasteiger partial charge in [-0.2, -0.15) is 13.2 Å². The maximum Gasteiger partial charge on any atom is 0.431 e. The van der Waals surface area contributed by atoms with Crippen LogP contribution in [0.15, 0.2) is 35.1 Å². The van der Waals surface area contributed by atoms with Crippen molar-refractivity contribution in [3.8, 4) is 16.9 Å². The zero-order valence-corrected chi connectivity index (χ0v) is 16.3. The average molecular weight is 439 g/mol. The number of nitrogens with two attached hydrogens (primary N) is 1. The number of H-pyrrole nitrogens is 1. The highest BCUT2D eigenvalue weighted by molar-refractivity contribution is 5.94. The monoisotopic (exact) mass is 439 g/mol. The van der Waals surface area contributed by atoms with E-state index in [9.17, 15) is 22.8 Å². The largest absolute Gasteiger partial charge is 0.492 e. The number of amides is 1. The molecular weight excluding hydrogens is 419 g/mol. The Hall–Kier alpha value is -2.89. The lowest BCUT2D eigenvalue weighted by Crippen LogP contribution is -2.70. The first kappa shape index (κ1) is 21.3. The molecule has 4 N–H and O–H groups in total. The molecule has 1 aromatic carbocycles. The molecule has 0 radical (unpaired) electrons. The molecule has 0 aliphatic carbocycles. The predicted octanol–water partition coefficient (Wildman–Crippen LogP) is 1.30. The fourth-order valence-electron chi connectivity index (χ4n) is 3.61. The Kier molecular flexibility index (Phi) is 5.50. The molecular formula is C20H20F3N3O5. The van der Waals surface area contributed by atoms with Gasteiger partial charge in [-0.05, 0) is 23.8 Å². The van der Waals surface area contributed by atoms with Crippen molar-refractivity contribution in [1.82, 2.24) is 10.3 Å². The number of benzene rings is 1. The van der Waals surface area contributed by atoms with Gasteiger partial charge < -0.3 is 24.9 Å². The smallest absolute Gasteiger partial charge is 0.431 e. The summed E-state index contributed by atoms with van der Waals surface area (Å²) < 4.78 is 56.8. The summed E-state index contributed by atoms with van der Waals surface area (Å²) in [7, 11) is 0. The molecule has 3 heterocycles. The number of hydrogen-bond donors (Lipinski definition) is 3. The van der Waals surface area contributed by atoms with Gasteiger partial charge in [-0.25, -0.2) is 0 Å². The molecule has 166 valence electrons. The number of hydrogen-bond acceptors (Lipinski definition) is 6. The minimum Gasteiger partial charge on any atom is -0.492 e. The number of alkyl halides is 3. The summed E-state index contributed by atoms with van der Waals surface area (Å²) in [6.45, 7) is 2.51. The van der Waals surface area contributed by atoms with Crippen molar-refractivity contribution in [2.24, 2.45) is 5.73 Å². The van der Waals surface area contributed by atoms with Crippen LogP contribution in [0.2, 0.25) is 0 Å². The molecule has 8 nitrogen and oxygen atoms in total. The van der Waals surface area contributed by atoms with Crippen LogP contribution in [0.1, 0.15) is 16.1 Å². The van der Waals surface area contributed by atoms with Gasteiger partial charge in [0.15, 0.2) is 0 Å². The van der Waals surface area contributed by atoms with Crippen LogP contribution in [0.4, 0.5) is 13.2 Å². The number of rotatable bonds is 5. The average Bonchev–Trinajstić information content (AvgIpc) is 2.70. The molecule has 1 amide bonds. The molecule has 31 heavy (non-hydrogen) atoms. The molecule has 2 aliphatic heterocycles. The Labute approximate surface area is 174 Å². The Morgan fingerprint density at radius 2 is 1.87 bits per heavy atom. The van der Waals surface area contributed by atoms with Crippen molar-refractivity contribution in [3.63, 3.8) is 0 Å². The quantitative estimate of drug-likeness (QED) is 0.647. The third-order valence-electron chi connectivity index (χ3n) is 5.17. The molecule has 4 rings (SSSR count). The number of nitrogens with one attached hydrogen (secondary N) is 2. The van der Waals surface area contributed by atoms with Crippen molar-refractivity contribution in [3.05, 3.63) is 51.9 Å². The van der Waals surface area contributed by atoms with Crippen LogP contribution >= 0.6 is 0 Å². The van der Waals surface area contributed by atoms with E-state index in [0.29, 0.717) is 38.8 Å². The summed E-state index contributed by atoms with van der Waals surface area (Å²) in [6, 6.07) is 6.65. The van der Waals surface area contributed by atoms with Crippen LogP contribution in [-0.4, -0.2) is 55.5 Å². The zero-order chi connectivity index (χ0) is 22.2. The van der Waals surface area contributed by atoms with E-state index in [1.807, 2.05) is 0 Å². The van der Waals surface area contributed by atoms with Gasteiger partial charge in [-0.15, -0.1) is 0 Å². The minimum atomic E-state index is -4.83. The molecule has 11 heteroatoms. The van der Waals surface area contributed by atoms with Gasteiger partial charge in [-0.3, -0.25) is 14.9 Å². The number of aromatic nitrogens is 1.